The molecule has 0 saturated heterocycles. The lowest BCUT2D eigenvalue weighted by molar-refractivity contribution is 0.450. The van der Waals surface area contributed by atoms with Crippen molar-refractivity contribution in [2.24, 2.45) is 11.7 Å². The van der Waals surface area contributed by atoms with Gasteiger partial charge < -0.3 is 10.3 Å². The highest BCUT2D eigenvalue weighted by Crippen LogP contribution is 2.22. The number of aryl methyl sites for hydroxylation is 1. The highest BCUT2D eigenvalue weighted by Gasteiger charge is 2.21. The minimum Gasteiger partial charge on any atom is -0.330 e. The van der Waals surface area contributed by atoms with Crippen molar-refractivity contribution in [2.45, 2.75) is 52.6 Å². The quantitative estimate of drug-likeness (QED) is 0.801. The molecule has 0 bridgehead atoms. The van der Waals surface area contributed by atoms with Crippen LogP contribution in [0.1, 0.15) is 37.5 Å². The molecule has 2 heterocycles. The molecule has 0 aromatic carbocycles. The summed E-state index contributed by atoms with van der Waals surface area (Å²) in [6.45, 7) is 7.53. The molecule has 0 amide bonds. The number of hydrogen-bond donors (Lipinski definition) is 1. The summed E-state index contributed by atoms with van der Waals surface area (Å²) in [7, 11) is 0. The standard InChI is InChI=1S/C12H21N3/c1-8(2)6-11-12-5-4-10(13)7-15(12)9(3)14-11/h8,10H,4-7,13H2,1-3H3. The Kier molecular flexibility index (Phi) is 2.83. The summed E-state index contributed by atoms with van der Waals surface area (Å²) in [6.07, 6.45) is 3.30. The number of nitrogens with two attached hydrogens (primary N) is 1. The first-order chi connectivity index (χ1) is 7.08. The average Bonchev–Trinajstić information content (AvgIpc) is 2.42. The predicted molar refractivity (Wildman–Crippen MR) is 61.8 cm³/mol. The largest absolute Gasteiger partial charge is 0.330 e. The Labute approximate surface area is 91.7 Å². The van der Waals surface area contributed by atoms with Crippen molar-refractivity contribution in [3.05, 3.63) is 17.2 Å². The lowest BCUT2D eigenvalue weighted by atomic mass is 10.0. The van der Waals surface area contributed by atoms with Gasteiger partial charge in [0.25, 0.3) is 0 Å². The molecule has 0 aliphatic carbocycles. The van der Waals surface area contributed by atoms with Gasteiger partial charge in [-0.05, 0) is 32.1 Å². The fraction of sp³-hybridized carbons (Fsp3) is 0.750. The van der Waals surface area contributed by atoms with Crippen LogP contribution in [0.4, 0.5) is 0 Å². The third-order valence-corrected chi connectivity index (χ3v) is 3.12. The Morgan fingerprint density at radius 3 is 2.93 bits per heavy atom. The molecule has 3 heteroatoms. The molecule has 3 nitrogen and oxygen atoms in total. The van der Waals surface area contributed by atoms with E-state index in [-0.39, 0.29) is 0 Å². The maximum absolute atomic E-state index is 5.98. The average molecular weight is 207 g/mol. The number of rotatable bonds is 2. The molecule has 0 saturated carbocycles. The van der Waals surface area contributed by atoms with E-state index >= 15 is 0 Å². The molecule has 1 aromatic heterocycles. The molecule has 2 N–H and O–H groups in total. The fourth-order valence-corrected chi connectivity index (χ4v) is 2.39. The number of imidazole rings is 1. The van der Waals surface area contributed by atoms with E-state index in [9.17, 15) is 0 Å². The summed E-state index contributed by atoms with van der Waals surface area (Å²) >= 11 is 0. The topological polar surface area (TPSA) is 43.8 Å². The second kappa shape index (κ2) is 3.97. The molecule has 1 aliphatic rings. The van der Waals surface area contributed by atoms with Gasteiger partial charge in [0.05, 0.1) is 5.69 Å². The molecule has 1 unspecified atom stereocenters. The van der Waals surface area contributed by atoms with Gasteiger partial charge in [-0.15, -0.1) is 0 Å². The third kappa shape index (κ3) is 2.07. The van der Waals surface area contributed by atoms with Gasteiger partial charge >= 0.3 is 0 Å². The summed E-state index contributed by atoms with van der Waals surface area (Å²) in [5.74, 6) is 1.82. The van der Waals surface area contributed by atoms with Crippen LogP contribution >= 0.6 is 0 Å². The molecular weight excluding hydrogens is 186 g/mol. The minimum absolute atomic E-state index is 0.317. The van der Waals surface area contributed by atoms with Gasteiger partial charge in [0, 0.05) is 18.3 Å². The van der Waals surface area contributed by atoms with Gasteiger partial charge in [0.1, 0.15) is 5.82 Å². The molecule has 0 radical (unpaired) electrons. The monoisotopic (exact) mass is 207 g/mol. The van der Waals surface area contributed by atoms with Crippen LogP contribution in [0.2, 0.25) is 0 Å². The summed E-state index contributed by atoms with van der Waals surface area (Å²) < 4.78 is 2.31. The van der Waals surface area contributed by atoms with E-state index in [1.54, 1.807) is 0 Å². The highest BCUT2D eigenvalue weighted by molar-refractivity contribution is 5.20. The van der Waals surface area contributed by atoms with E-state index in [0.29, 0.717) is 12.0 Å². The number of aromatic nitrogens is 2. The van der Waals surface area contributed by atoms with Gasteiger partial charge in [-0.3, -0.25) is 0 Å². The highest BCUT2D eigenvalue weighted by atomic mass is 15.1. The number of nitrogens with zero attached hydrogens (tertiary/aromatic N) is 2. The molecule has 1 atom stereocenters. The Hall–Kier alpha value is -0.830. The number of hydrogen-bond acceptors (Lipinski definition) is 2. The first-order valence-electron chi connectivity index (χ1n) is 5.88. The first kappa shape index (κ1) is 10.7. The van der Waals surface area contributed by atoms with E-state index in [0.717, 1.165) is 31.6 Å². The van der Waals surface area contributed by atoms with Crippen molar-refractivity contribution in [1.29, 1.82) is 0 Å². The molecule has 0 fully saturated rings. The second-order valence-electron chi connectivity index (χ2n) is 5.06. The first-order valence-corrected chi connectivity index (χ1v) is 5.88. The third-order valence-electron chi connectivity index (χ3n) is 3.12. The van der Waals surface area contributed by atoms with E-state index in [1.165, 1.54) is 11.4 Å². The molecule has 0 spiro atoms. The van der Waals surface area contributed by atoms with E-state index in [4.69, 9.17) is 5.73 Å². The van der Waals surface area contributed by atoms with Crippen LogP contribution in [-0.2, 0) is 19.4 Å². The smallest absolute Gasteiger partial charge is 0.106 e. The van der Waals surface area contributed by atoms with Gasteiger partial charge in [0.15, 0.2) is 0 Å². The summed E-state index contributed by atoms with van der Waals surface area (Å²) in [4.78, 5) is 4.67. The van der Waals surface area contributed by atoms with Gasteiger partial charge in [-0.1, -0.05) is 13.8 Å². The normalized spacial score (nSPS) is 20.7. The lowest BCUT2D eigenvalue weighted by Crippen LogP contribution is -2.32. The van der Waals surface area contributed by atoms with E-state index in [1.807, 2.05) is 0 Å². The molecule has 1 aliphatic heterocycles. The summed E-state index contributed by atoms with van der Waals surface area (Å²) in [5, 5.41) is 0. The molecule has 1 aromatic rings. The molecule has 84 valence electrons. The van der Waals surface area contributed by atoms with Crippen LogP contribution < -0.4 is 5.73 Å². The maximum Gasteiger partial charge on any atom is 0.106 e. The van der Waals surface area contributed by atoms with E-state index in [2.05, 4.69) is 30.3 Å². The van der Waals surface area contributed by atoms with Crippen LogP contribution in [-0.4, -0.2) is 15.6 Å². The molecule has 2 rings (SSSR count). The second-order valence-corrected chi connectivity index (χ2v) is 5.06. The van der Waals surface area contributed by atoms with Crippen molar-refractivity contribution >= 4 is 0 Å². The maximum atomic E-state index is 5.98. The minimum atomic E-state index is 0.317. The van der Waals surface area contributed by atoms with Crippen molar-refractivity contribution < 1.29 is 0 Å². The molecular formula is C12H21N3. The van der Waals surface area contributed by atoms with Crippen LogP contribution in [0.15, 0.2) is 0 Å². The van der Waals surface area contributed by atoms with Gasteiger partial charge in [0.2, 0.25) is 0 Å². The number of fused-ring (bicyclic) bond motifs is 1. The molecule has 15 heavy (non-hydrogen) atoms. The van der Waals surface area contributed by atoms with Gasteiger partial charge in [-0.25, -0.2) is 4.98 Å². The van der Waals surface area contributed by atoms with Crippen LogP contribution in [0.25, 0.3) is 0 Å². The van der Waals surface area contributed by atoms with Crippen molar-refractivity contribution in [3.8, 4) is 0 Å². The fourth-order valence-electron chi connectivity index (χ4n) is 2.39. The lowest BCUT2D eigenvalue weighted by Gasteiger charge is -2.22. The zero-order valence-corrected chi connectivity index (χ0v) is 9.95. The van der Waals surface area contributed by atoms with Crippen molar-refractivity contribution in [2.75, 3.05) is 0 Å². The van der Waals surface area contributed by atoms with E-state index < -0.39 is 0 Å². The Bertz CT molecular complexity index is 352. The predicted octanol–water partition coefficient (Wildman–Crippen LogP) is 1.66. The Balaban J connectivity index is 2.31. The van der Waals surface area contributed by atoms with Crippen LogP contribution in [0.3, 0.4) is 0 Å². The SMILES string of the molecule is Cc1nc(CC(C)C)c2n1CC(N)CC2. The van der Waals surface area contributed by atoms with Crippen molar-refractivity contribution in [3.63, 3.8) is 0 Å². The van der Waals surface area contributed by atoms with Gasteiger partial charge in [-0.2, -0.15) is 0 Å². The summed E-state index contributed by atoms with van der Waals surface area (Å²) in [6, 6.07) is 0.317. The summed E-state index contributed by atoms with van der Waals surface area (Å²) in [5.41, 5.74) is 8.71. The van der Waals surface area contributed by atoms with Crippen LogP contribution in [0.5, 0.6) is 0 Å². The Morgan fingerprint density at radius 2 is 2.27 bits per heavy atom. The zero-order chi connectivity index (χ0) is 11.0. The zero-order valence-electron chi connectivity index (χ0n) is 9.95. The van der Waals surface area contributed by atoms with Crippen molar-refractivity contribution in [1.82, 2.24) is 9.55 Å². The van der Waals surface area contributed by atoms with Crippen LogP contribution in [0, 0.1) is 12.8 Å². The Morgan fingerprint density at radius 1 is 1.53 bits per heavy atom.